The molecule has 3 heteroatoms. The van der Waals surface area contributed by atoms with Gasteiger partial charge >= 0.3 is 0 Å². The smallest absolute Gasteiger partial charge is 0.0619 e. The molecule has 1 atom stereocenters. The molecule has 0 saturated carbocycles. The van der Waals surface area contributed by atoms with Gasteiger partial charge in [0.25, 0.3) is 0 Å². The molecule has 0 aliphatic carbocycles. The Morgan fingerprint density at radius 3 is 2.92 bits per heavy atom. The highest BCUT2D eigenvalue weighted by Gasteiger charge is 2.17. The van der Waals surface area contributed by atoms with Gasteiger partial charge in [-0.1, -0.05) is 13.8 Å². The third-order valence-corrected chi connectivity index (χ3v) is 2.46. The molecule has 0 radical (unpaired) electrons. The molecule has 1 fully saturated rings. The molecule has 1 aliphatic rings. The van der Waals surface area contributed by atoms with E-state index in [1.54, 1.807) is 0 Å². The van der Waals surface area contributed by atoms with Crippen LogP contribution >= 0.6 is 0 Å². The Bertz CT molecular complexity index is 139. The largest absolute Gasteiger partial charge is 0.379 e. The molecule has 0 bridgehead atoms. The lowest BCUT2D eigenvalue weighted by Gasteiger charge is -2.33. The number of nitrogens with one attached hydrogen (secondary N) is 1. The predicted molar refractivity (Wildman–Crippen MR) is 55.0 cm³/mol. The van der Waals surface area contributed by atoms with Crippen LogP contribution in [0.15, 0.2) is 0 Å². The first-order valence-electron chi connectivity index (χ1n) is 5.25. The van der Waals surface area contributed by atoms with Crippen molar-refractivity contribution < 1.29 is 4.74 Å². The lowest BCUT2D eigenvalue weighted by atomic mass is 10.2. The lowest BCUT2D eigenvalue weighted by molar-refractivity contribution is 0.000266. The highest BCUT2D eigenvalue weighted by atomic mass is 16.5. The Morgan fingerprint density at radius 1 is 1.54 bits per heavy atom. The van der Waals surface area contributed by atoms with Gasteiger partial charge in [0.2, 0.25) is 0 Å². The van der Waals surface area contributed by atoms with Crippen molar-refractivity contribution in [2.45, 2.75) is 32.9 Å². The summed E-state index contributed by atoms with van der Waals surface area (Å²) < 4.78 is 5.38. The van der Waals surface area contributed by atoms with E-state index in [4.69, 9.17) is 4.74 Å². The third kappa shape index (κ3) is 4.07. The average Bonchev–Trinajstić information content (AvgIpc) is 2.08. The molecule has 3 nitrogen and oxygen atoms in total. The van der Waals surface area contributed by atoms with E-state index in [1.807, 2.05) is 0 Å². The Hall–Kier alpha value is -0.120. The van der Waals surface area contributed by atoms with E-state index in [1.165, 1.54) is 0 Å². The first-order chi connectivity index (χ1) is 6.20. The number of hydrogen-bond donors (Lipinski definition) is 1. The van der Waals surface area contributed by atoms with Gasteiger partial charge in [0.05, 0.1) is 13.2 Å². The molecule has 1 rings (SSSR count). The molecule has 0 aromatic heterocycles. The minimum absolute atomic E-state index is 0.586. The molecule has 78 valence electrons. The molecule has 1 aliphatic heterocycles. The van der Waals surface area contributed by atoms with Crippen LogP contribution in [-0.2, 0) is 4.74 Å². The van der Waals surface area contributed by atoms with Gasteiger partial charge in [-0.05, 0) is 6.92 Å². The summed E-state index contributed by atoms with van der Waals surface area (Å²) >= 11 is 0. The molecule has 0 amide bonds. The fourth-order valence-corrected chi connectivity index (χ4v) is 1.59. The SMILES string of the molecule is CC(C)NCCN1CCOCC1C. The second-order valence-electron chi connectivity index (χ2n) is 4.07. The minimum atomic E-state index is 0.586. The van der Waals surface area contributed by atoms with E-state index in [9.17, 15) is 0 Å². The molecule has 0 aromatic carbocycles. The summed E-state index contributed by atoms with van der Waals surface area (Å²) in [5, 5.41) is 3.43. The second kappa shape index (κ2) is 5.58. The van der Waals surface area contributed by atoms with Crippen molar-refractivity contribution in [2.24, 2.45) is 0 Å². The molecule has 0 aromatic rings. The van der Waals surface area contributed by atoms with E-state index in [0.717, 1.165) is 32.8 Å². The Kier molecular flexibility index (Phi) is 4.70. The Balaban J connectivity index is 2.11. The molecule has 0 spiro atoms. The number of hydrogen-bond acceptors (Lipinski definition) is 3. The van der Waals surface area contributed by atoms with Gasteiger partial charge in [-0.2, -0.15) is 0 Å². The van der Waals surface area contributed by atoms with Crippen molar-refractivity contribution in [2.75, 3.05) is 32.8 Å². The highest BCUT2D eigenvalue weighted by molar-refractivity contribution is 4.71. The van der Waals surface area contributed by atoms with Crippen LogP contribution < -0.4 is 5.32 Å². The molecule has 1 saturated heterocycles. The predicted octanol–water partition coefficient (Wildman–Crippen LogP) is 0.705. The maximum atomic E-state index is 5.38. The van der Waals surface area contributed by atoms with E-state index in [0.29, 0.717) is 12.1 Å². The maximum absolute atomic E-state index is 5.38. The van der Waals surface area contributed by atoms with Gasteiger partial charge < -0.3 is 10.1 Å². The summed E-state index contributed by atoms with van der Waals surface area (Å²) in [6.45, 7) is 11.7. The van der Waals surface area contributed by atoms with Crippen LogP contribution in [0.4, 0.5) is 0 Å². The Morgan fingerprint density at radius 2 is 2.31 bits per heavy atom. The van der Waals surface area contributed by atoms with Gasteiger partial charge in [-0.3, -0.25) is 4.90 Å². The van der Waals surface area contributed by atoms with Crippen LogP contribution in [0.5, 0.6) is 0 Å². The second-order valence-corrected chi connectivity index (χ2v) is 4.07. The van der Waals surface area contributed by atoms with Crippen molar-refractivity contribution in [3.8, 4) is 0 Å². The van der Waals surface area contributed by atoms with Crippen molar-refractivity contribution in [3.05, 3.63) is 0 Å². The molecule has 1 heterocycles. The summed E-state index contributed by atoms with van der Waals surface area (Å²) in [7, 11) is 0. The van der Waals surface area contributed by atoms with Crippen LogP contribution in [0.3, 0.4) is 0 Å². The summed E-state index contributed by atoms with van der Waals surface area (Å²) in [5.41, 5.74) is 0. The van der Waals surface area contributed by atoms with E-state index in [-0.39, 0.29) is 0 Å². The normalized spacial score (nSPS) is 25.4. The zero-order chi connectivity index (χ0) is 9.68. The molecule has 1 N–H and O–H groups in total. The van der Waals surface area contributed by atoms with Crippen molar-refractivity contribution >= 4 is 0 Å². The summed E-state index contributed by atoms with van der Waals surface area (Å²) in [4.78, 5) is 2.48. The summed E-state index contributed by atoms with van der Waals surface area (Å²) in [6.07, 6.45) is 0. The van der Waals surface area contributed by atoms with Gasteiger partial charge in [0.1, 0.15) is 0 Å². The fourth-order valence-electron chi connectivity index (χ4n) is 1.59. The zero-order valence-electron chi connectivity index (χ0n) is 9.05. The van der Waals surface area contributed by atoms with Gasteiger partial charge in [0.15, 0.2) is 0 Å². The molecular formula is C10H22N2O. The van der Waals surface area contributed by atoms with Crippen molar-refractivity contribution in [1.29, 1.82) is 0 Å². The minimum Gasteiger partial charge on any atom is -0.379 e. The molecule has 1 unspecified atom stereocenters. The van der Waals surface area contributed by atoms with E-state index >= 15 is 0 Å². The monoisotopic (exact) mass is 186 g/mol. The van der Waals surface area contributed by atoms with Gasteiger partial charge in [-0.15, -0.1) is 0 Å². The molecule has 13 heavy (non-hydrogen) atoms. The van der Waals surface area contributed by atoms with Gasteiger partial charge in [0, 0.05) is 31.7 Å². The topological polar surface area (TPSA) is 24.5 Å². The zero-order valence-corrected chi connectivity index (χ0v) is 9.05. The lowest BCUT2D eigenvalue weighted by Crippen LogP contribution is -2.46. The quantitative estimate of drug-likeness (QED) is 0.699. The summed E-state index contributed by atoms with van der Waals surface area (Å²) in [6, 6.07) is 1.18. The van der Waals surface area contributed by atoms with Crippen molar-refractivity contribution in [3.63, 3.8) is 0 Å². The molecular weight excluding hydrogens is 164 g/mol. The number of ether oxygens (including phenoxy) is 1. The van der Waals surface area contributed by atoms with E-state index < -0.39 is 0 Å². The highest BCUT2D eigenvalue weighted by Crippen LogP contribution is 2.04. The number of nitrogens with zero attached hydrogens (tertiary/aromatic N) is 1. The average molecular weight is 186 g/mol. The first-order valence-corrected chi connectivity index (χ1v) is 5.25. The maximum Gasteiger partial charge on any atom is 0.0619 e. The number of morpholine rings is 1. The van der Waals surface area contributed by atoms with Crippen LogP contribution in [0.25, 0.3) is 0 Å². The fraction of sp³-hybridized carbons (Fsp3) is 1.00. The van der Waals surface area contributed by atoms with Gasteiger partial charge in [-0.25, -0.2) is 0 Å². The third-order valence-electron chi connectivity index (χ3n) is 2.46. The van der Waals surface area contributed by atoms with Crippen LogP contribution in [0, 0.1) is 0 Å². The van der Waals surface area contributed by atoms with Crippen molar-refractivity contribution in [1.82, 2.24) is 10.2 Å². The first kappa shape index (κ1) is 11.0. The Labute approximate surface area is 81.4 Å². The van der Waals surface area contributed by atoms with Crippen LogP contribution in [0.1, 0.15) is 20.8 Å². The standard InChI is InChI=1S/C10H22N2O/c1-9(2)11-4-5-12-6-7-13-8-10(12)3/h9-11H,4-8H2,1-3H3. The van der Waals surface area contributed by atoms with Crippen LogP contribution in [-0.4, -0.2) is 49.8 Å². The van der Waals surface area contributed by atoms with Crippen LogP contribution in [0.2, 0.25) is 0 Å². The van der Waals surface area contributed by atoms with E-state index in [2.05, 4.69) is 31.0 Å². The number of rotatable bonds is 4. The summed E-state index contributed by atoms with van der Waals surface area (Å²) in [5.74, 6) is 0.